The zero-order valence-electron chi connectivity index (χ0n) is 15.3. The maximum atomic E-state index is 13.2. The summed E-state index contributed by atoms with van der Waals surface area (Å²) in [5.74, 6) is -0.121. The molecule has 0 aliphatic carbocycles. The summed E-state index contributed by atoms with van der Waals surface area (Å²) < 4.78 is 19.0. The summed E-state index contributed by atoms with van der Waals surface area (Å²) in [7, 11) is 0. The fourth-order valence-corrected chi connectivity index (χ4v) is 4.00. The van der Waals surface area contributed by atoms with E-state index in [-0.39, 0.29) is 16.5 Å². The van der Waals surface area contributed by atoms with E-state index in [0.29, 0.717) is 28.2 Å². The molecule has 148 valence electrons. The molecule has 0 bridgehead atoms. The molecular weight excluding hydrogens is 427 g/mol. The van der Waals surface area contributed by atoms with Crippen molar-refractivity contribution in [3.63, 3.8) is 0 Å². The third-order valence-corrected chi connectivity index (χ3v) is 5.69. The highest BCUT2D eigenvalue weighted by atomic mass is 35.5. The van der Waals surface area contributed by atoms with Crippen LogP contribution in [0.15, 0.2) is 63.9 Å². The molecule has 0 N–H and O–H groups in total. The van der Waals surface area contributed by atoms with E-state index >= 15 is 0 Å². The lowest BCUT2D eigenvalue weighted by Gasteiger charge is -2.13. The number of hydrogen-bond acceptors (Lipinski definition) is 5. The number of nitrogens with zero attached hydrogens (tertiary/aromatic N) is 2. The van der Waals surface area contributed by atoms with Gasteiger partial charge in [-0.05, 0) is 53.7 Å². The second kappa shape index (κ2) is 8.19. The van der Waals surface area contributed by atoms with E-state index in [1.807, 2.05) is 0 Å². The number of furan rings is 1. The molecule has 1 aliphatic rings. The van der Waals surface area contributed by atoms with Gasteiger partial charge in [-0.25, -0.2) is 4.39 Å². The molecule has 8 heteroatoms. The lowest BCUT2D eigenvalue weighted by atomic mass is 10.1. The van der Waals surface area contributed by atoms with Crippen LogP contribution in [-0.2, 0) is 11.3 Å². The van der Waals surface area contributed by atoms with Gasteiger partial charge in [-0.2, -0.15) is 5.26 Å². The number of halogens is 2. The first-order valence-corrected chi connectivity index (χ1v) is 9.94. The van der Waals surface area contributed by atoms with Crippen LogP contribution in [0.5, 0.6) is 0 Å². The maximum Gasteiger partial charge on any atom is 0.293 e. The standard InChI is InChI=1S/C22H12ClFN2O3S/c23-18-9-15(24)6-5-14(18)12-26-21(27)20(30-22(26)28)10-16-7-8-19(29-16)17-4-2-1-3-13(17)11-25/h1-10H,12H2/b20-10-. The highest BCUT2D eigenvalue weighted by molar-refractivity contribution is 8.18. The third kappa shape index (κ3) is 3.88. The lowest BCUT2D eigenvalue weighted by Crippen LogP contribution is -2.27. The number of carbonyl (C=O) groups is 2. The largest absolute Gasteiger partial charge is 0.457 e. The second-order valence-corrected chi connectivity index (χ2v) is 7.76. The topological polar surface area (TPSA) is 74.3 Å². The summed E-state index contributed by atoms with van der Waals surface area (Å²) in [5.41, 5.74) is 1.57. The van der Waals surface area contributed by atoms with Crippen LogP contribution >= 0.6 is 23.4 Å². The number of nitriles is 1. The van der Waals surface area contributed by atoms with Crippen LogP contribution in [0.3, 0.4) is 0 Å². The Labute approximate surface area is 180 Å². The first kappa shape index (κ1) is 20.0. The van der Waals surface area contributed by atoms with Crippen molar-refractivity contribution in [1.82, 2.24) is 4.90 Å². The Morgan fingerprint density at radius 1 is 1.17 bits per heavy atom. The van der Waals surface area contributed by atoms with Crippen molar-refractivity contribution >= 4 is 40.6 Å². The Morgan fingerprint density at radius 2 is 1.97 bits per heavy atom. The van der Waals surface area contributed by atoms with Gasteiger partial charge in [-0.15, -0.1) is 0 Å². The van der Waals surface area contributed by atoms with Crippen LogP contribution in [0.2, 0.25) is 5.02 Å². The van der Waals surface area contributed by atoms with E-state index in [4.69, 9.17) is 16.0 Å². The minimum absolute atomic E-state index is 0.0555. The molecule has 5 nitrogen and oxygen atoms in total. The van der Waals surface area contributed by atoms with E-state index < -0.39 is 17.0 Å². The van der Waals surface area contributed by atoms with Gasteiger partial charge in [0.1, 0.15) is 17.3 Å². The normalized spacial score (nSPS) is 15.1. The molecule has 1 saturated heterocycles. The Balaban J connectivity index is 1.57. The second-order valence-electron chi connectivity index (χ2n) is 6.36. The van der Waals surface area contributed by atoms with E-state index in [1.54, 1.807) is 36.4 Å². The monoisotopic (exact) mass is 438 g/mol. The highest BCUT2D eigenvalue weighted by Crippen LogP contribution is 2.35. The maximum absolute atomic E-state index is 13.2. The van der Waals surface area contributed by atoms with Crippen LogP contribution in [0.4, 0.5) is 9.18 Å². The number of amides is 2. The molecule has 0 unspecified atom stereocenters. The van der Waals surface area contributed by atoms with Gasteiger partial charge < -0.3 is 4.42 Å². The van der Waals surface area contributed by atoms with Crippen molar-refractivity contribution in [3.05, 3.63) is 87.2 Å². The molecule has 0 spiro atoms. The van der Waals surface area contributed by atoms with Crippen LogP contribution in [0.25, 0.3) is 17.4 Å². The van der Waals surface area contributed by atoms with Gasteiger partial charge in [0.2, 0.25) is 0 Å². The van der Waals surface area contributed by atoms with E-state index in [9.17, 15) is 19.2 Å². The van der Waals surface area contributed by atoms with Crippen molar-refractivity contribution in [2.24, 2.45) is 0 Å². The summed E-state index contributed by atoms with van der Waals surface area (Å²) in [4.78, 5) is 26.3. The molecule has 2 aromatic carbocycles. The minimum Gasteiger partial charge on any atom is -0.457 e. The number of benzene rings is 2. The molecule has 0 saturated carbocycles. The Morgan fingerprint density at radius 3 is 2.73 bits per heavy atom. The molecule has 30 heavy (non-hydrogen) atoms. The molecule has 2 amide bonds. The number of rotatable bonds is 4. The quantitative estimate of drug-likeness (QED) is 0.478. The molecule has 1 aromatic heterocycles. The van der Waals surface area contributed by atoms with Gasteiger partial charge in [0.05, 0.1) is 23.1 Å². The molecule has 1 aliphatic heterocycles. The summed E-state index contributed by atoms with van der Waals surface area (Å²) in [6, 6.07) is 16.3. The van der Waals surface area contributed by atoms with Gasteiger partial charge in [0.25, 0.3) is 11.1 Å². The van der Waals surface area contributed by atoms with Gasteiger partial charge in [-0.1, -0.05) is 29.8 Å². The molecule has 3 aromatic rings. The molecular formula is C22H12ClFN2O3S. The van der Waals surface area contributed by atoms with Crippen molar-refractivity contribution in [2.45, 2.75) is 6.54 Å². The molecule has 1 fully saturated rings. The van der Waals surface area contributed by atoms with E-state index in [2.05, 4.69) is 6.07 Å². The third-order valence-electron chi connectivity index (χ3n) is 4.43. The number of imide groups is 1. The summed E-state index contributed by atoms with van der Waals surface area (Å²) in [5, 5.41) is 8.93. The summed E-state index contributed by atoms with van der Waals surface area (Å²) in [6.45, 7) is -0.0555. The highest BCUT2D eigenvalue weighted by Gasteiger charge is 2.35. The molecule has 0 atom stereocenters. The minimum atomic E-state index is -0.496. The Bertz CT molecular complexity index is 1250. The SMILES string of the molecule is N#Cc1ccccc1-c1ccc(/C=C2\SC(=O)N(Cc3ccc(F)cc3Cl)C2=O)o1. The average molecular weight is 439 g/mol. The number of hydrogen-bond donors (Lipinski definition) is 0. The van der Waals surface area contributed by atoms with Crippen LogP contribution in [0, 0.1) is 17.1 Å². The van der Waals surface area contributed by atoms with Crippen LogP contribution in [0.1, 0.15) is 16.9 Å². The predicted octanol–water partition coefficient (Wildman–Crippen LogP) is 5.85. The van der Waals surface area contributed by atoms with Gasteiger partial charge >= 0.3 is 0 Å². The van der Waals surface area contributed by atoms with Gasteiger partial charge in [0, 0.05) is 16.7 Å². The first-order chi connectivity index (χ1) is 14.5. The lowest BCUT2D eigenvalue weighted by molar-refractivity contribution is -0.123. The molecule has 2 heterocycles. The average Bonchev–Trinajstić information content (AvgIpc) is 3.30. The zero-order valence-corrected chi connectivity index (χ0v) is 16.8. The summed E-state index contributed by atoms with van der Waals surface area (Å²) >= 11 is 6.79. The van der Waals surface area contributed by atoms with E-state index in [0.717, 1.165) is 22.7 Å². The van der Waals surface area contributed by atoms with Gasteiger partial charge in [0.15, 0.2) is 0 Å². The van der Waals surface area contributed by atoms with Gasteiger partial charge in [-0.3, -0.25) is 14.5 Å². The molecule has 0 radical (unpaired) electrons. The van der Waals surface area contributed by atoms with Crippen molar-refractivity contribution in [2.75, 3.05) is 0 Å². The fraction of sp³-hybridized carbons (Fsp3) is 0.0455. The van der Waals surface area contributed by atoms with Crippen LogP contribution in [-0.4, -0.2) is 16.0 Å². The van der Waals surface area contributed by atoms with Crippen LogP contribution < -0.4 is 0 Å². The smallest absolute Gasteiger partial charge is 0.293 e. The number of thioether (sulfide) groups is 1. The molecule has 4 rings (SSSR count). The van der Waals surface area contributed by atoms with Crippen molar-refractivity contribution < 1.29 is 18.4 Å². The van der Waals surface area contributed by atoms with E-state index in [1.165, 1.54) is 18.2 Å². The predicted molar refractivity (Wildman–Crippen MR) is 112 cm³/mol. The Kier molecular flexibility index (Phi) is 5.44. The zero-order chi connectivity index (χ0) is 21.3. The Hall–Kier alpha value is -3.34. The van der Waals surface area contributed by atoms with Crippen molar-refractivity contribution in [1.29, 1.82) is 5.26 Å². The summed E-state index contributed by atoms with van der Waals surface area (Å²) in [6.07, 6.45) is 1.48. The van der Waals surface area contributed by atoms with Crippen molar-refractivity contribution in [3.8, 4) is 17.4 Å². The first-order valence-electron chi connectivity index (χ1n) is 8.75. The fourth-order valence-electron chi connectivity index (χ4n) is 2.96. The number of carbonyl (C=O) groups excluding carboxylic acids is 2.